The second kappa shape index (κ2) is 4.03. The summed E-state index contributed by atoms with van der Waals surface area (Å²) in [6.07, 6.45) is 3.45. The van der Waals surface area contributed by atoms with Crippen LogP contribution in [-0.4, -0.2) is 11.6 Å². The number of amides is 1. The number of hydrogen-bond donors (Lipinski definition) is 0. The summed E-state index contributed by atoms with van der Waals surface area (Å²) in [5, 5.41) is 0. The first-order valence-electron chi connectivity index (χ1n) is 7.12. The first-order valence-corrected chi connectivity index (χ1v) is 7.12. The van der Waals surface area contributed by atoms with Crippen molar-refractivity contribution in [3.63, 3.8) is 0 Å². The fraction of sp³-hybridized carbons (Fsp3) is 0.529. The van der Waals surface area contributed by atoms with Gasteiger partial charge < -0.3 is 0 Å². The van der Waals surface area contributed by atoms with Gasteiger partial charge in [-0.05, 0) is 42.7 Å². The van der Waals surface area contributed by atoms with Crippen molar-refractivity contribution in [2.45, 2.75) is 40.0 Å². The molecule has 0 saturated heterocycles. The standard InChI is InChI=1S/C17H21NO/c1-16(2)13-9-10-17(16,3)14(11-13)18-15(19)12-7-5-4-6-8-12/h4-8,13H,9-11H2,1-3H3/t13-,17+/m0/s1. The third-order valence-electron chi connectivity index (χ3n) is 5.77. The average molecular weight is 255 g/mol. The van der Waals surface area contributed by atoms with Crippen LogP contribution in [-0.2, 0) is 0 Å². The van der Waals surface area contributed by atoms with E-state index in [0.29, 0.717) is 11.5 Å². The van der Waals surface area contributed by atoms with Crippen LogP contribution in [0.2, 0.25) is 0 Å². The van der Waals surface area contributed by atoms with Gasteiger partial charge in [0.1, 0.15) is 0 Å². The maximum atomic E-state index is 12.2. The van der Waals surface area contributed by atoms with Crippen molar-refractivity contribution in [1.82, 2.24) is 0 Å². The molecule has 19 heavy (non-hydrogen) atoms. The lowest BCUT2D eigenvalue weighted by Crippen LogP contribution is -2.33. The van der Waals surface area contributed by atoms with Gasteiger partial charge in [0.05, 0.1) is 0 Å². The highest BCUT2D eigenvalue weighted by molar-refractivity contribution is 6.07. The number of aliphatic imine (C=N–C) groups is 1. The predicted octanol–water partition coefficient (Wildman–Crippen LogP) is 4.11. The summed E-state index contributed by atoms with van der Waals surface area (Å²) in [7, 11) is 0. The summed E-state index contributed by atoms with van der Waals surface area (Å²) in [6, 6.07) is 9.38. The minimum Gasteiger partial charge on any atom is -0.267 e. The Morgan fingerprint density at radius 3 is 2.42 bits per heavy atom. The zero-order valence-electron chi connectivity index (χ0n) is 11.9. The molecule has 1 amide bonds. The molecule has 0 radical (unpaired) electrons. The summed E-state index contributed by atoms with van der Waals surface area (Å²) in [5.74, 6) is 0.611. The lowest BCUT2D eigenvalue weighted by atomic mass is 9.70. The Kier molecular flexibility index (Phi) is 2.67. The average Bonchev–Trinajstić information content (AvgIpc) is 2.73. The summed E-state index contributed by atoms with van der Waals surface area (Å²) in [5.41, 5.74) is 2.21. The van der Waals surface area contributed by atoms with Crippen LogP contribution in [0, 0.1) is 16.7 Å². The van der Waals surface area contributed by atoms with Crippen molar-refractivity contribution >= 4 is 11.6 Å². The molecule has 1 aromatic carbocycles. The molecule has 2 fully saturated rings. The topological polar surface area (TPSA) is 29.4 Å². The number of benzene rings is 1. The van der Waals surface area contributed by atoms with Gasteiger partial charge in [-0.15, -0.1) is 0 Å². The fourth-order valence-electron chi connectivity index (χ4n) is 3.87. The summed E-state index contributed by atoms with van der Waals surface area (Å²) >= 11 is 0. The van der Waals surface area contributed by atoms with Crippen LogP contribution in [0.15, 0.2) is 35.3 Å². The highest BCUT2D eigenvalue weighted by Gasteiger charge is 2.59. The lowest BCUT2D eigenvalue weighted by molar-refractivity contribution is 0.100. The first-order chi connectivity index (χ1) is 8.95. The van der Waals surface area contributed by atoms with E-state index in [1.165, 1.54) is 12.8 Å². The van der Waals surface area contributed by atoms with Crippen LogP contribution in [0.25, 0.3) is 0 Å². The molecule has 0 aromatic heterocycles. The maximum Gasteiger partial charge on any atom is 0.276 e. The van der Waals surface area contributed by atoms with E-state index >= 15 is 0 Å². The molecule has 2 aliphatic carbocycles. The number of nitrogens with zero attached hydrogens (tertiary/aromatic N) is 1. The van der Waals surface area contributed by atoms with Crippen molar-refractivity contribution in [1.29, 1.82) is 0 Å². The van der Waals surface area contributed by atoms with Gasteiger partial charge in [-0.25, -0.2) is 4.99 Å². The van der Waals surface area contributed by atoms with Gasteiger partial charge in [-0.1, -0.05) is 39.0 Å². The van der Waals surface area contributed by atoms with Crippen molar-refractivity contribution in [2.24, 2.45) is 21.7 Å². The summed E-state index contributed by atoms with van der Waals surface area (Å²) < 4.78 is 0. The molecule has 0 unspecified atom stereocenters. The molecule has 2 heteroatoms. The maximum absolute atomic E-state index is 12.2. The normalized spacial score (nSPS) is 33.8. The molecule has 2 bridgehead atoms. The molecular formula is C17H21NO. The zero-order chi connectivity index (χ0) is 13.7. The second-order valence-electron chi connectivity index (χ2n) is 6.72. The van der Waals surface area contributed by atoms with Gasteiger partial charge in [0, 0.05) is 16.7 Å². The number of fused-ring (bicyclic) bond motifs is 2. The van der Waals surface area contributed by atoms with E-state index < -0.39 is 0 Å². The first kappa shape index (κ1) is 12.6. The molecular weight excluding hydrogens is 234 g/mol. The number of carbonyl (C=O) groups excluding carboxylic acids is 1. The molecule has 3 rings (SSSR count). The van der Waals surface area contributed by atoms with Gasteiger partial charge >= 0.3 is 0 Å². The van der Waals surface area contributed by atoms with Gasteiger partial charge in [0.15, 0.2) is 0 Å². The van der Waals surface area contributed by atoms with E-state index in [-0.39, 0.29) is 16.7 Å². The Bertz CT molecular complexity index is 544. The minimum atomic E-state index is -0.0832. The van der Waals surface area contributed by atoms with Crippen LogP contribution in [0.5, 0.6) is 0 Å². The lowest BCUT2D eigenvalue weighted by Gasteiger charge is -2.34. The third kappa shape index (κ3) is 1.69. The second-order valence-corrected chi connectivity index (χ2v) is 6.72. The highest BCUT2D eigenvalue weighted by atomic mass is 16.1. The van der Waals surface area contributed by atoms with E-state index in [0.717, 1.165) is 12.1 Å². The van der Waals surface area contributed by atoms with Crippen molar-refractivity contribution in [3.05, 3.63) is 35.9 Å². The smallest absolute Gasteiger partial charge is 0.267 e. The van der Waals surface area contributed by atoms with Crippen LogP contribution < -0.4 is 0 Å². The molecule has 0 aliphatic heterocycles. The summed E-state index contributed by atoms with van der Waals surface area (Å²) in [6.45, 7) is 6.96. The van der Waals surface area contributed by atoms with E-state index in [4.69, 9.17) is 0 Å². The predicted molar refractivity (Wildman–Crippen MR) is 77.4 cm³/mol. The monoisotopic (exact) mass is 255 g/mol. The number of rotatable bonds is 1. The minimum absolute atomic E-state index is 0.0832. The molecule has 1 aromatic rings. The molecule has 2 saturated carbocycles. The zero-order valence-corrected chi connectivity index (χ0v) is 11.9. The largest absolute Gasteiger partial charge is 0.276 e. The van der Waals surface area contributed by atoms with Crippen molar-refractivity contribution in [3.8, 4) is 0 Å². The fourth-order valence-corrected chi connectivity index (χ4v) is 3.87. The molecule has 2 nitrogen and oxygen atoms in total. The third-order valence-corrected chi connectivity index (χ3v) is 5.77. The SMILES string of the molecule is CC1(C)[C@H]2CC[C@]1(C)C(=NC(=O)c1ccccc1)C2. The number of hydrogen-bond acceptors (Lipinski definition) is 1. The molecule has 2 atom stereocenters. The Labute approximate surface area is 114 Å². The van der Waals surface area contributed by atoms with E-state index in [9.17, 15) is 4.79 Å². The van der Waals surface area contributed by atoms with Gasteiger partial charge in [-0.2, -0.15) is 0 Å². The Balaban J connectivity index is 1.93. The van der Waals surface area contributed by atoms with Crippen LogP contribution in [0.4, 0.5) is 0 Å². The Morgan fingerprint density at radius 1 is 1.21 bits per heavy atom. The van der Waals surface area contributed by atoms with Crippen LogP contribution >= 0.6 is 0 Å². The molecule has 0 heterocycles. The van der Waals surface area contributed by atoms with E-state index in [1.54, 1.807) is 0 Å². The molecule has 0 N–H and O–H groups in total. The van der Waals surface area contributed by atoms with Crippen molar-refractivity contribution in [2.75, 3.05) is 0 Å². The van der Waals surface area contributed by atoms with Crippen molar-refractivity contribution < 1.29 is 4.79 Å². The molecule has 0 spiro atoms. The highest BCUT2D eigenvalue weighted by Crippen LogP contribution is 2.64. The van der Waals surface area contributed by atoms with Gasteiger partial charge in [0.25, 0.3) is 5.91 Å². The van der Waals surface area contributed by atoms with E-state index in [1.807, 2.05) is 30.3 Å². The quantitative estimate of drug-likeness (QED) is 0.742. The summed E-state index contributed by atoms with van der Waals surface area (Å²) in [4.78, 5) is 16.7. The molecule has 2 aliphatic rings. The molecule has 100 valence electrons. The van der Waals surface area contributed by atoms with Crippen LogP contribution in [0.3, 0.4) is 0 Å². The van der Waals surface area contributed by atoms with E-state index in [2.05, 4.69) is 25.8 Å². The van der Waals surface area contributed by atoms with Gasteiger partial charge in [-0.3, -0.25) is 4.79 Å². The van der Waals surface area contributed by atoms with Crippen LogP contribution in [0.1, 0.15) is 50.4 Å². The number of carbonyl (C=O) groups is 1. The Hall–Kier alpha value is -1.44. The Morgan fingerprint density at radius 2 is 1.89 bits per heavy atom. The van der Waals surface area contributed by atoms with Gasteiger partial charge in [0.2, 0.25) is 0 Å².